The van der Waals surface area contributed by atoms with Crippen LogP contribution >= 0.6 is 0 Å². The first-order chi connectivity index (χ1) is 8.13. The Bertz CT molecular complexity index is 498. The summed E-state index contributed by atoms with van der Waals surface area (Å²) in [4.78, 5) is 4.47. The van der Waals surface area contributed by atoms with Crippen molar-refractivity contribution in [3.05, 3.63) is 58.9 Å². The maximum atomic E-state index is 4.47. The van der Waals surface area contributed by atoms with Crippen molar-refractivity contribution in [3.8, 4) is 0 Å². The summed E-state index contributed by atoms with van der Waals surface area (Å²) in [6, 6.07) is 12.6. The van der Waals surface area contributed by atoms with Gasteiger partial charge in [-0.25, -0.2) is 0 Å². The summed E-state index contributed by atoms with van der Waals surface area (Å²) in [6.45, 7) is 7.01. The standard InChI is InChI=1S/C15H18N2/c1-11-7-12(2)9-15(8-11)16-10-14-6-4-5-13(3)17-14/h4-9,16H,10H2,1-3H3. The molecular weight excluding hydrogens is 208 g/mol. The summed E-state index contributed by atoms with van der Waals surface area (Å²) in [5.41, 5.74) is 5.86. The number of pyridine rings is 1. The van der Waals surface area contributed by atoms with E-state index in [9.17, 15) is 0 Å². The second kappa shape index (κ2) is 5.00. The molecule has 1 aromatic heterocycles. The highest BCUT2D eigenvalue weighted by Gasteiger charge is 1.97. The molecular formula is C15H18N2. The van der Waals surface area contributed by atoms with Gasteiger partial charge in [-0.15, -0.1) is 0 Å². The lowest BCUT2D eigenvalue weighted by Gasteiger charge is -2.08. The third-order valence-electron chi connectivity index (χ3n) is 2.64. The first-order valence-electron chi connectivity index (χ1n) is 5.88. The molecule has 1 heterocycles. The molecule has 2 rings (SSSR count). The Morgan fingerprint density at radius 3 is 2.35 bits per heavy atom. The number of hydrogen-bond acceptors (Lipinski definition) is 2. The lowest BCUT2D eigenvalue weighted by Crippen LogP contribution is -2.02. The first kappa shape index (κ1) is 11.6. The van der Waals surface area contributed by atoms with Crippen molar-refractivity contribution in [2.75, 3.05) is 5.32 Å². The molecule has 0 saturated carbocycles. The molecule has 0 aliphatic carbocycles. The highest BCUT2D eigenvalue weighted by Crippen LogP contribution is 2.14. The summed E-state index contributed by atoms with van der Waals surface area (Å²) in [6.07, 6.45) is 0. The number of rotatable bonds is 3. The fourth-order valence-electron chi connectivity index (χ4n) is 1.97. The number of nitrogens with one attached hydrogen (secondary N) is 1. The zero-order chi connectivity index (χ0) is 12.3. The van der Waals surface area contributed by atoms with Crippen molar-refractivity contribution in [3.63, 3.8) is 0 Å². The molecule has 2 nitrogen and oxygen atoms in total. The minimum Gasteiger partial charge on any atom is -0.379 e. The topological polar surface area (TPSA) is 24.9 Å². The fraction of sp³-hybridized carbons (Fsp3) is 0.267. The zero-order valence-electron chi connectivity index (χ0n) is 10.6. The van der Waals surface area contributed by atoms with Gasteiger partial charge in [-0.3, -0.25) is 4.98 Å². The van der Waals surface area contributed by atoms with E-state index >= 15 is 0 Å². The highest BCUT2D eigenvalue weighted by molar-refractivity contribution is 5.48. The van der Waals surface area contributed by atoms with E-state index in [0.29, 0.717) is 0 Å². The lowest BCUT2D eigenvalue weighted by atomic mass is 10.1. The van der Waals surface area contributed by atoms with Crippen LogP contribution in [0, 0.1) is 20.8 Å². The van der Waals surface area contributed by atoms with Gasteiger partial charge in [0, 0.05) is 11.4 Å². The van der Waals surface area contributed by atoms with Gasteiger partial charge in [0.05, 0.1) is 12.2 Å². The van der Waals surface area contributed by atoms with Crippen LogP contribution < -0.4 is 5.32 Å². The smallest absolute Gasteiger partial charge is 0.0597 e. The molecule has 0 amide bonds. The minimum atomic E-state index is 0.768. The van der Waals surface area contributed by atoms with Gasteiger partial charge in [0.25, 0.3) is 0 Å². The van der Waals surface area contributed by atoms with Crippen molar-refractivity contribution >= 4 is 5.69 Å². The first-order valence-corrected chi connectivity index (χ1v) is 5.88. The number of aromatic nitrogens is 1. The van der Waals surface area contributed by atoms with Crippen LogP contribution in [-0.4, -0.2) is 4.98 Å². The summed E-state index contributed by atoms with van der Waals surface area (Å²) >= 11 is 0. The number of aryl methyl sites for hydroxylation is 3. The van der Waals surface area contributed by atoms with E-state index in [2.05, 4.69) is 42.3 Å². The van der Waals surface area contributed by atoms with E-state index in [1.54, 1.807) is 0 Å². The average molecular weight is 226 g/mol. The molecule has 0 radical (unpaired) electrons. The van der Waals surface area contributed by atoms with Crippen molar-refractivity contribution in [2.45, 2.75) is 27.3 Å². The van der Waals surface area contributed by atoms with E-state index < -0.39 is 0 Å². The second-order valence-electron chi connectivity index (χ2n) is 4.50. The van der Waals surface area contributed by atoms with Crippen LogP contribution in [0.15, 0.2) is 36.4 Å². The predicted molar refractivity (Wildman–Crippen MR) is 72.2 cm³/mol. The molecule has 0 spiro atoms. The Hall–Kier alpha value is -1.83. The van der Waals surface area contributed by atoms with Crippen LogP contribution in [0.2, 0.25) is 0 Å². The summed E-state index contributed by atoms with van der Waals surface area (Å²) in [5.74, 6) is 0. The molecule has 0 aliphatic rings. The average Bonchev–Trinajstić information content (AvgIpc) is 2.25. The van der Waals surface area contributed by atoms with Gasteiger partial charge in [-0.1, -0.05) is 12.1 Å². The molecule has 2 heteroatoms. The van der Waals surface area contributed by atoms with Crippen molar-refractivity contribution < 1.29 is 0 Å². The van der Waals surface area contributed by atoms with Gasteiger partial charge in [-0.05, 0) is 56.2 Å². The number of nitrogens with zero attached hydrogens (tertiary/aromatic N) is 1. The Labute approximate surface area is 103 Å². The van der Waals surface area contributed by atoms with E-state index in [-0.39, 0.29) is 0 Å². The molecule has 0 bridgehead atoms. The number of benzene rings is 1. The third kappa shape index (κ3) is 3.31. The second-order valence-corrected chi connectivity index (χ2v) is 4.50. The molecule has 0 atom stereocenters. The molecule has 0 aliphatic heterocycles. The molecule has 0 unspecified atom stereocenters. The normalized spacial score (nSPS) is 10.3. The SMILES string of the molecule is Cc1cc(C)cc(NCc2cccc(C)n2)c1. The van der Waals surface area contributed by atoms with E-state index in [4.69, 9.17) is 0 Å². The number of hydrogen-bond donors (Lipinski definition) is 1. The molecule has 0 fully saturated rings. The molecule has 0 saturated heterocycles. The van der Waals surface area contributed by atoms with Gasteiger partial charge in [0.1, 0.15) is 0 Å². The van der Waals surface area contributed by atoms with Crippen LogP contribution in [0.25, 0.3) is 0 Å². The van der Waals surface area contributed by atoms with E-state index in [1.807, 2.05) is 25.1 Å². The Morgan fingerprint density at radius 2 is 1.71 bits per heavy atom. The summed E-state index contributed by atoms with van der Waals surface area (Å²) in [7, 11) is 0. The van der Waals surface area contributed by atoms with Gasteiger partial charge in [0.2, 0.25) is 0 Å². The largest absolute Gasteiger partial charge is 0.379 e. The summed E-state index contributed by atoms with van der Waals surface area (Å²) in [5, 5.41) is 3.41. The van der Waals surface area contributed by atoms with Gasteiger partial charge in [-0.2, -0.15) is 0 Å². The molecule has 1 N–H and O–H groups in total. The summed E-state index contributed by atoms with van der Waals surface area (Å²) < 4.78 is 0. The van der Waals surface area contributed by atoms with Gasteiger partial charge in [0.15, 0.2) is 0 Å². The van der Waals surface area contributed by atoms with E-state index in [1.165, 1.54) is 11.1 Å². The van der Waals surface area contributed by atoms with Crippen LogP contribution in [0.5, 0.6) is 0 Å². The predicted octanol–water partition coefficient (Wildman–Crippen LogP) is 3.62. The maximum Gasteiger partial charge on any atom is 0.0597 e. The Kier molecular flexibility index (Phi) is 3.43. The van der Waals surface area contributed by atoms with Crippen molar-refractivity contribution in [1.82, 2.24) is 4.98 Å². The zero-order valence-corrected chi connectivity index (χ0v) is 10.6. The van der Waals surface area contributed by atoms with E-state index in [0.717, 1.165) is 23.6 Å². The van der Waals surface area contributed by atoms with Crippen LogP contribution in [-0.2, 0) is 6.54 Å². The van der Waals surface area contributed by atoms with Crippen LogP contribution in [0.3, 0.4) is 0 Å². The van der Waals surface area contributed by atoms with Crippen molar-refractivity contribution in [1.29, 1.82) is 0 Å². The maximum absolute atomic E-state index is 4.47. The minimum absolute atomic E-state index is 0.768. The van der Waals surface area contributed by atoms with Crippen molar-refractivity contribution in [2.24, 2.45) is 0 Å². The van der Waals surface area contributed by atoms with Gasteiger partial charge < -0.3 is 5.32 Å². The fourth-order valence-corrected chi connectivity index (χ4v) is 1.97. The third-order valence-corrected chi connectivity index (χ3v) is 2.64. The van der Waals surface area contributed by atoms with Crippen LogP contribution in [0.1, 0.15) is 22.5 Å². The van der Waals surface area contributed by atoms with Gasteiger partial charge >= 0.3 is 0 Å². The van der Waals surface area contributed by atoms with Crippen LogP contribution in [0.4, 0.5) is 5.69 Å². The highest BCUT2D eigenvalue weighted by atomic mass is 14.9. The lowest BCUT2D eigenvalue weighted by molar-refractivity contribution is 1.01. The quantitative estimate of drug-likeness (QED) is 0.864. The number of anilines is 1. The Balaban J connectivity index is 2.07. The monoisotopic (exact) mass is 226 g/mol. The molecule has 1 aromatic carbocycles. The molecule has 88 valence electrons. The molecule has 17 heavy (non-hydrogen) atoms. The Morgan fingerprint density at radius 1 is 1.00 bits per heavy atom. The molecule has 2 aromatic rings.